The summed E-state index contributed by atoms with van der Waals surface area (Å²) in [5.41, 5.74) is -0.231. The fourth-order valence-electron chi connectivity index (χ4n) is 2.03. The molecule has 1 aromatic carbocycles. The molecular formula is C16H31ClN2O4. The molecule has 0 amide bonds. The molecule has 0 spiro atoms. The van der Waals surface area contributed by atoms with Crippen LogP contribution in [0.2, 0.25) is 0 Å². The van der Waals surface area contributed by atoms with E-state index in [1.807, 2.05) is 44.9 Å². The number of benzene rings is 1. The Morgan fingerprint density at radius 3 is 1.65 bits per heavy atom. The molecule has 0 aromatic heterocycles. The van der Waals surface area contributed by atoms with E-state index in [1.54, 1.807) is 30.3 Å². The number of halogens is 1. The maximum absolute atomic E-state index is 10.2. The Labute approximate surface area is 145 Å². The average Bonchev–Trinajstić information content (AvgIpc) is 2.38. The third kappa shape index (κ3) is 13.0. The van der Waals surface area contributed by atoms with E-state index < -0.39 is 11.6 Å². The molecule has 0 saturated carbocycles. The second kappa shape index (κ2) is 13.3. The Kier molecular flexibility index (Phi) is 15.4. The van der Waals surface area contributed by atoms with Crippen molar-refractivity contribution in [1.29, 1.82) is 0 Å². The number of carboxylic acids is 1. The average molecular weight is 351 g/mol. The molecule has 0 saturated heterocycles. The zero-order valence-electron chi connectivity index (χ0n) is 14.6. The first-order chi connectivity index (χ1) is 9.70. The van der Waals surface area contributed by atoms with Gasteiger partial charge in [0.1, 0.15) is 0 Å². The Bertz CT molecular complexity index is 404. The van der Waals surface area contributed by atoms with Gasteiger partial charge in [-0.05, 0) is 46.7 Å². The third-order valence-corrected chi connectivity index (χ3v) is 2.90. The minimum Gasteiger partial charge on any atom is -0.478 e. The molecule has 6 nitrogen and oxygen atoms in total. The van der Waals surface area contributed by atoms with E-state index in [9.17, 15) is 9.90 Å². The summed E-state index contributed by atoms with van der Waals surface area (Å²) < 4.78 is 0. The van der Waals surface area contributed by atoms with Gasteiger partial charge in [0.15, 0.2) is 0 Å². The van der Waals surface area contributed by atoms with Crippen molar-refractivity contribution in [2.24, 2.45) is 0 Å². The second-order valence-corrected chi connectivity index (χ2v) is 5.72. The molecule has 136 valence electrons. The predicted molar refractivity (Wildman–Crippen MR) is 96.6 cm³/mol. The van der Waals surface area contributed by atoms with Crippen LogP contribution >= 0.6 is 12.4 Å². The Balaban J connectivity index is -0.000000329. The number of hydrogen-bond acceptors (Lipinski definition) is 4. The van der Waals surface area contributed by atoms with Crippen molar-refractivity contribution in [3.8, 4) is 0 Å². The van der Waals surface area contributed by atoms with Gasteiger partial charge in [-0.15, -0.1) is 12.4 Å². The smallest absolute Gasteiger partial charge is 0.335 e. The standard InChI is InChI=1S/C9H22N2O.C7H6O2.ClH.H2O/c1-6-9(12,7-10(2)3)8-11(4)5;8-7(9)6-4-2-1-3-5-6;;/h12H,6-8H2,1-5H3;1-5H,(H,8,9);1H;1H2. The van der Waals surface area contributed by atoms with E-state index in [2.05, 4.69) is 0 Å². The Morgan fingerprint density at radius 2 is 1.43 bits per heavy atom. The van der Waals surface area contributed by atoms with Gasteiger partial charge >= 0.3 is 5.97 Å². The third-order valence-electron chi connectivity index (χ3n) is 2.90. The predicted octanol–water partition coefficient (Wildman–Crippen LogP) is 1.23. The minimum atomic E-state index is -0.879. The van der Waals surface area contributed by atoms with Gasteiger partial charge in [0.05, 0.1) is 11.2 Å². The van der Waals surface area contributed by atoms with E-state index in [4.69, 9.17) is 5.11 Å². The lowest BCUT2D eigenvalue weighted by atomic mass is 10.00. The molecule has 0 bridgehead atoms. The molecule has 0 aliphatic carbocycles. The van der Waals surface area contributed by atoms with Gasteiger partial charge in [-0.1, -0.05) is 25.1 Å². The quantitative estimate of drug-likeness (QED) is 0.804. The van der Waals surface area contributed by atoms with Crippen LogP contribution in [0.4, 0.5) is 0 Å². The highest BCUT2D eigenvalue weighted by Gasteiger charge is 2.25. The molecular weight excluding hydrogens is 320 g/mol. The molecule has 1 aromatic rings. The van der Waals surface area contributed by atoms with Crippen LogP contribution in [0.5, 0.6) is 0 Å². The monoisotopic (exact) mass is 350 g/mol. The number of rotatable bonds is 6. The lowest BCUT2D eigenvalue weighted by molar-refractivity contribution is -0.00821. The van der Waals surface area contributed by atoms with Gasteiger partial charge in [0, 0.05) is 13.1 Å². The number of hydrogen-bond donors (Lipinski definition) is 2. The van der Waals surface area contributed by atoms with Crippen molar-refractivity contribution < 1.29 is 20.5 Å². The van der Waals surface area contributed by atoms with Crippen LogP contribution in [0.1, 0.15) is 23.7 Å². The molecule has 0 atom stereocenters. The van der Waals surface area contributed by atoms with Crippen molar-refractivity contribution in [3.63, 3.8) is 0 Å². The van der Waals surface area contributed by atoms with Crippen LogP contribution in [-0.2, 0) is 0 Å². The zero-order valence-corrected chi connectivity index (χ0v) is 15.4. The Hall–Kier alpha value is -1.18. The Morgan fingerprint density at radius 1 is 1.04 bits per heavy atom. The van der Waals surface area contributed by atoms with Crippen molar-refractivity contribution in [2.45, 2.75) is 18.9 Å². The van der Waals surface area contributed by atoms with Crippen molar-refractivity contribution in [3.05, 3.63) is 35.9 Å². The summed E-state index contributed by atoms with van der Waals surface area (Å²) >= 11 is 0. The van der Waals surface area contributed by atoms with Crippen LogP contribution in [0, 0.1) is 0 Å². The number of carboxylic acid groups (broad SMARTS) is 1. The maximum Gasteiger partial charge on any atom is 0.335 e. The molecule has 23 heavy (non-hydrogen) atoms. The van der Waals surface area contributed by atoms with Crippen LogP contribution < -0.4 is 0 Å². The van der Waals surface area contributed by atoms with Gasteiger partial charge in [-0.2, -0.15) is 0 Å². The van der Waals surface area contributed by atoms with E-state index in [0.717, 1.165) is 19.5 Å². The first-order valence-electron chi connectivity index (χ1n) is 7.00. The van der Waals surface area contributed by atoms with Crippen LogP contribution in [-0.4, -0.2) is 78.3 Å². The van der Waals surface area contributed by atoms with Crippen molar-refractivity contribution in [1.82, 2.24) is 9.80 Å². The van der Waals surface area contributed by atoms with Crippen LogP contribution in [0.25, 0.3) is 0 Å². The molecule has 0 fully saturated rings. The number of aromatic carboxylic acids is 1. The SMILES string of the molecule is CCC(O)(CN(C)C)CN(C)C.Cl.O.O=C(O)c1ccccc1. The van der Waals surface area contributed by atoms with Gasteiger partial charge in [0.2, 0.25) is 0 Å². The number of nitrogens with zero attached hydrogens (tertiary/aromatic N) is 2. The summed E-state index contributed by atoms with van der Waals surface area (Å²) in [7, 11) is 7.93. The van der Waals surface area contributed by atoms with E-state index in [1.165, 1.54) is 0 Å². The molecule has 0 aliphatic rings. The van der Waals surface area contributed by atoms with Crippen molar-refractivity contribution in [2.75, 3.05) is 41.3 Å². The summed E-state index contributed by atoms with van der Waals surface area (Å²) in [5.74, 6) is -0.879. The summed E-state index contributed by atoms with van der Waals surface area (Å²) in [5, 5.41) is 18.5. The normalized spacial score (nSPS) is 10.3. The molecule has 0 aliphatic heterocycles. The first kappa shape index (κ1) is 26.7. The van der Waals surface area contributed by atoms with Gasteiger partial charge in [0.25, 0.3) is 0 Å². The highest BCUT2D eigenvalue weighted by molar-refractivity contribution is 5.87. The van der Waals surface area contributed by atoms with Gasteiger partial charge in [-0.3, -0.25) is 0 Å². The van der Waals surface area contributed by atoms with E-state index >= 15 is 0 Å². The van der Waals surface area contributed by atoms with Crippen LogP contribution in [0.3, 0.4) is 0 Å². The fraction of sp³-hybridized carbons (Fsp3) is 0.562. The first-order valence-corrected chi connectivity index (χ1v) is 7.00. The summed E-state index contributed by atoms with van der Waals surface area (Å²) in [6.07, 6.45) is 0.795. The van der Waals surface area contributed by atoms with E-state index in [-0.39, 0.29) is 17.9 Å². The second-order valence-electron chi connectivity index (χ2n) is 5.72. The molecule has 1 rings (SSSR count). The van der Waals surface area contributed by atoms with Gasteiger partial charge in [-0.25, -0.2) is 4.79 Å². The largest absolute Gasteiger partial charge is 0.478 e. The number of carbonyl (C=O) groups is 1. The number of likely N-dealkylation sites (N-methyl/N-ethyl adjacent to an activating group) is 2. The summed E-state index contributed by atoms with van der Waals surface area (Å²) in [6.45, 7) is 3.47. The summed E-state index contributed by atoms with van der Waals surface area (Å²) in [4.78, 5) is 14.2. The molecule has 4 N–H and O–H groups in total. The summed E-state index contributed by atoms with van der Waals surface area (Å²) in [6, 6.07) is 8.30. The minimum absolute atomic E-state index is 0. The molecule has 0 unspecified atom stereocenters. The fourth-order valence-corrected chi connectivity index (χ4v) is 2.03. The highest BCUT2D eigenvalue weighted by Crippen LogP contribution is 2.11. The molecule has 0 heterocycles. The van der Waals surface area contributed by atoms with Gasteiger partial charge < -0.3 is 25.5 Å². The topological polar surface area (TPSA) is 95.5 Å². The van der Waals surface area contributed by atoms with Crippen molar-refractivity contribution >= 4 is 18.4 Å². The van der Waals surface area contributed by atoms with E-state index in [0.29, 0.717) is 5.56 Å². The van der Waals surface area contributed by atoms with Crippen LogP contribution in [0.15, 0.2) is 30.3 Å². The maximum atomic E-state index is 10.2. The highest BCUT2D eigenvalue weighted by atomic mass is 35.5. The molecule has 7 heteroatoms. The zero-order chi connectivity index (χ0) is 16.5. The lowest BCUT2D eigenvalue weighted by Crippen LogP contribution is -2.47. The number of aliphatic hydroxyl groups is 1. The molecule has 0 radical (unpaired) electrons. The lowest BCUT2D eigenvalue weighted by Gasteiger charge is -2.32.